The number of hydrogen-bond donors (Lipinski definition) is 1. The Labute approximate surface area is 129 Å². The second kappa shape index (κ2) is 7.55. The van der Waals surface area contributed by atoms with Crippen molar-refractivity contribution in [1.29, 1.82) is 5.26 Å². The van der Waals surface area contributed by atoms with Gasteiger partial charge in [-0.2, -0.15) is 5.26 Å². The summed E-state index contributed by atoms with van der Waals surface area (Å²) in [4.78, 5) is 23.3. The molecule has 0 heterocycles. The van der Waals surface area contributed by atoms with E-state index in [1.165, 1.54) is 18.2 Å². The minimum atomic E-state index is -1.02. The van der Waals surface area contributed by atoms with E-state index in [1.807, 2.05) is 6.07 Å². The van der Waals surface area contributed by atoms with Crippen molar-refractivity contribution in [2.45, 2.75) is 32.7 Å². The molecule has 118 valence electrons. The summed E-state index contributed by atoms with van der Waals surface area (Å²) in [7, 11) is 0. The lowest BCUT2D eigenvalue weighted by molar-refractivity contribution is -0.148. The van der Waals surface area contributed by atoms with Crippen molar-refractivity contribution in [1.82, 2.24) is 5.32 Å². The molecule has 0 spiro atoms. The third kappa shape index (κ3) is 5.17. The first-order valence-electron chi connectivity index (χ1n) is 6.89. The SMILES string of the molecule is CC(C)[C@@](C)(C#N)NC(=O)COC(=O)Cc1cccc(F)c1. The molecule has 22 heavy (non-hydrogen) atoms. The molecule has 0 aromatic heterocycles. The Kier molecular flexibility index (Phi) is 6.05. The van der Waals surface area contributed by atoms with Crippen LogP contribution in [0.25, 0.3) is 0 Å². The molecule has 0 radical (unpaired) electrons. The standard InChI is InChI=1S/C16H19FN2O3/c1-11(2)16(3,10-18)19-14(20)9-22-15(21)8-12-5-4-6-13(17)7-12/h4-7,11H,8-9H2,1-3H3,(H,19,20)/t16-/m1/s1. The van der Waals surface area contributed by atoms with Gasteiger partial charge in [-0.05, 0) is 30.5 Å². The molecule has 0 saturated carbocycles. The molecular formula is C16H19FN2O3. The molecule has 1 rings (SSSR count). The normalized spacial score (nSPS) is 13.1. The fourth-order valence-electron chi connectivity index (χ4n) is 1.64. The third-order valence-electron chi connectivity index (χ3n) is 3.39. The van der Waals surface area contributed by atoms with Crippen LogP contribution in [0, 0.1) is 23.1 Å². The summed E-state index contributed by atoms with van der Waals surface area (Å²) < 4.78 is 17.8. The minimum absolute atomic E-state index is 0.0931. The number of hydrogen-bond acceptors (Lipinski definition) is 4. The molecule has 1 aromatic rings. The zero-order chi connectivity index (χ0) is 16.8. The van der Waals surface area contributed by atoms with Crippen LogP contribution in [0.2, 0.25) is 0 Å². The number of nitriles is 1. The van der Waals surface area contributed by atoms with E-state index in [0.717, 1.165) is 0 Å². The van der Waals surface area contributed by atoms with E-state index < -0.39 is 29.8 Å². The molecule has 1 N–H and O–H groups in total. The highest BCUT2D eigenvalue weighted by Crippen LogP contribution is 2.14. The lowest BCUT2D eigenvalue weighted by atomic mass is 9.90. The highest BCUT2D eigenvalue weighted by atomic mass is 19.1. The number of amides is 1. The van der Waals surface area contributed by atoms with Gasteiger partial charge in [-0.3, -0.25) is 9.59 Å². The lowest BCUT2D eigenvalue weighted by Crippen LogP contribution is -2.50. The first-order chi connectivity index (χ1) is 10.3. The van der Waals surface area contributed by atoms with Crippen LogP contribution in [-0.2, 0) is 20.7 Å². The molecular weight excluding hydrogens is 287 g/mol. The summed E-state index contributed by atoms with van der Waals surface area (Å²) in [6.45, 7) is 4.74. The fraction of sp³-hybridized carbons (Fsp3) is 0.438. The van der Waals surface area contributed by atoms with E-state index >= 15 is 0 Å². The number of halogens is 1. The first kappa shape index (κ1) is 17.6. The molecule has 0 aliphatic heterocycles. The zero-order valence-electron chi connectivity index (χ0n) is 12.9. The predicted molar refractivity (Wildman–Crippen MR) is 78.1 cm³/mol. The van der Waals surface area contributed by atoms with Crippen LogP contribution in [0.1, 0.15) is 26.3 Å². The molecule has 0 bridgehead atoms. The van der Waals surface area contributed by atoms with E-state index in [1.54, 1.807) is 26.8 Å². The second-order valence-electron chi connectivity index (χ2n) is 5.48. The quantitative estimate of drug-likeness (QED) is 0.815. The van der Waals surface area contributed by atoms with Gasteiger partial charge in [0, 0.05) is 0 Å². The topological polar surface area (TPSA) is 79.2 Å². The van der Waals surface area contributed by atoms with Crippen molar-refractivity contribution in [3.63, 3.8) is 0 Å². The molecule has 0 aliphatic carbocycles. The number of carbonyl (C=O) groups excluding carboxylic acids is 2. The highest BCUT2D eigenvalue weighted by molar-refractivity contribution is 5.82. The lowest BCUT2D eigenvalue weighted by Gasteiger charge is -2.27. The molecule has 1 aromatic carbocycles. The molecule has 6 heteroatoms. The maximum absolute atomic E-state index is 13.0. The number of nitrogens with zero attached hydrogens (tertiary/aromatic N) is 1. The Morgan fingerprint density at radius 2 is 2.14 bits per heavy atom. The summed E-state index contributed by atoms with van der Waals surface area (Å²) in [6, 6.07) is 7.62. The maximum atomic E-state index is 13.0. The Bertz CT molecular complexity index is 595. The highest BCUT2D eigenvalue weighted by Gasteiger charge is 2.30. The number of rotatable bonds is 6. The largest absolute Gasteiger partial charge is 0.455 e. The van der Waals surface area contributed by atoms with E-state index in [-0.39, 0.29) is 12.3 Å². The van der Waals surface area contributed by atoms with E-state index in [0.29, 0.717) is 5.56 Å². The molecule has 1 amide bonds. The second-order valence-corrected chi connectivity index (χ2v) is 5.48. The van der Waals surface area contributed by atoms with Crippen LogP contribution in [-0.4, -0.2) is 24.0 Å². The van der Waals surface area contributed by atoms with Crippen LogP contribution in [0.5, 0.6) is 0 Å². The van der Waals surface area contributed by atoms with E-state index in [2.05, 4.69) is 5.32 Å². The molecule has 0 aliphatic rings. The first-order valence-corrected chi connectivity index (χ1v) is 6.89. The van der Waals surface area contributed by atoms with Crippen molar-refractivity contribution in [2.24, 2.45) is 5.92 Å². The van der Waals surface area contributed by atoms with Crippen molar-refractivity contribution >= 4 is 11.9 Å². The Hall–Kier alpha value is -2.42. The predicted octanol–water partition coefficient (Wildman–Crippen LogP) is 1.97. The van der Waals surface area contributed by atoms with E-state index in [4.69, 9.17) is 10.00 Å². The summed E-state index contributed by atoms with van der Waals surface area (Å²) in [5.41, 5.74) is -0.555. The smallest absolute Gasteiger partial charge is 0.310 e. The summed E-state index contributed by atoms with van der Waals surface area (Å²) in [6.07, 6.45) is -0.120. The average molecular weight is 306 g/mol. The monoisotopic (exact) mass is 306 g/mol. The van der Waals surface area contributed by atoms with E-state index in [9.17, 15) is 14.0 Å². The number of esters is 1. The van der Waals surface area contributed by atoms with Crippen molar-refractivity contribution in [3.05, 3.63) is 35.6 Å². The molecule has 5 nitrogen and oxygen atoms in total. The van der Waals surface area contributed by atoms with Gasteiger partial charge in [0.05, 0.1) is 12.5 Å². The van der Waals surface area contributed by atoms with Gasteiger partial charge in [-0.1, -0.05) is 26.0 Å². The summed E-state index contributed by atoms with van der Waals surface area (Å²) in [5, 5.41) is 11.6. The number of nitrogens with one attached hydrogen (secondary N) is 1. The van der Waals surface area contributed by atoms with Crippen LogP contribution < -0.4 is 5.32 Å². The van der Waals surface area contributed by atoms with Crippen LogP contribution in [0.4, 0.5) is 4.39 Å². The van der Waals surface area contributed by atoms with Crippen molar-refractivity contribution in [2.75, 3.05) is 6.61 Å². The number of carbonyl (C=O) groups is 2. The molecule has 0 unspecified atom stereocenters. The molecule has 1 atom stereocenters. The van der Waals surface area contributed by atoms with Crippen LogP contribution in [0.3, 0.4) is 0 Å². The number of benzene rings is 1. The zero-order valence-corrected chi connectivity index (χ0v) is 12.9. The van der Waals surface area contributed by atoms with Gasteiger partial charge in [-0.25, -0.2) is 4.39 Å². The third-order valence-corrected chi connectivity index (χ3v) is 3.39. The molecule has 0 fully saturated rings. The van der Waals surface area contributed by atoms with Gasteiger partial charge >= 0.3 is 5.97 Å². The van der Waals surface area contributed by atoms with Gasteiger partial charge < -0.3 is 10.1 Å². The Balaban J connectivity index is 2.47. The van der Waals surface area contributed by atoms with Crippen molar-refractivity contribution in [3.8, 4) is 6.07 Å². The summed E-state index contributed by atoms with van der Waals surface area (Å²) >= 11 is 0. The fourth-order valence-corrected chi connectivity index (χ4v) is 1.64. The van der Waals surface area contributed by atoms with Gasteiger partial charge in [0.2, 0.25) is 0 Å². The Morgan fingerprint density at radius 3 is 2.68 bits per heavy atom. The number of ether oxygens (including phenoxy) is 1. The van der Waals surface area contributed by atoms with Crippen LogP contribution in [0.15, 0.2) is 24.3 Å². The summed E-state index contributed by atoms with van der Waals surface area (Å²) in [5.74, 6) is -1.72. The Morgan fingerprint density at radius 1 is 1.45 bits per heavy atom. The molecule has 0 saturated heterocycles. The van der Waals surface area contributed by atoms with Gasteiger partial charge in [0.25, 0.3) is 5.91 Å². The maximum Gasteiger partial charge on any atom is 0.310 e. The van der Waals surface area contributed by atoms with Gasteiger partial charge in [0.15, 0.2) is 6.61 Å². The van der Waals surface area contributed by atoms with Gasteiger partial charge in [0.1, 0.15) is 11.4 Å². The average Bonchev–Trinajstić information content (AvgIpc) is 2.45. The van der Waals surface area contributed by atoms with Gasteiger partial charge in [-0.15, -0.1) is 0 Å². The van der Waals surface area contributed by atoms with Crippen LogP contribution >= 0.6 is 0 Å². The minimum Gasteiger partial charge on any atom is -0.455 e. The van der Waals surface area contributed by atoms with Crippen molar-refractivity contribution < 1.29 is 18.7 Å².